The summed E-state index contributed by atoms with van der Waals surface area (Å²) in [6.07, 6.45) is 0.00988. The Balaban J connectivity index is 2.07. The Labute approximate surface area is 138 Å². The SMILES string of the molecule is O=C(NS(=O)(=O)Cc1ccccc1Cl)C(F)(F)C1CCOCC1. The van der Waals surface area contributed by atoms with E-state index in [0.29, 0.717) is 0 Å². The van der Waals surface area contributed by atoms with E-state index in [1.807, 2.05) is 0 Å². The van der Waals surface area contributed by atoms with Crippen LogP contribution in [0.5, 0.6) is 0 Å². The maximum absolute atomic E-state index is 14.1. The number of benzene rings is 1. The van der Waals surface area contributed by atoms with E-state index < -0.39 is 33.5 Å². The van der Waals surface area contributed by atoms with Crippen molar-refractivity contribution < 1.29 is 26.7 Å². The van der Waals surface area contributed by atoms with E-state index in [9.17, 15) is 22.0 Å². The van der Waals surface area contributed by atoms with Crippen molar-refractivity contribution in [3.8, 4) is 0 Å². The fourth-order valence-corrected chi connectivity index (χ4v) is 3.74. The first-order valence-corrected chi connectivity index (χ1v) is 8.99. The van der Waals surface area contributed by atoms with Gasteiger partial charge in [0.2, 0.25) is 10.0 Å². The highest BCUT2D eigenvalue weighted by Gasteiger charge is 2.48. The van der Waals surface area contributed by atoms with Crippen LogP contribution >= 0.6 is 11.6 Å². The van der Waals surface area contributed by atoms with Crippen molar-refractivity contribution in [1.29, 1.82) is 0 Å². The molecule has 1 aromatic rings. The van der Waals surface area contributed by atoms with Gasteiger partial charge in [0, 0.05) is 24.2 Å². The minimum Gasteiger partial charge on any atom is -0.381 e. The van der Waals surface area contributed by atoms with E-state index in [1.54, 1.807) is 12.1 Å². The van der Waals surface area contributed by atoms with Gasteiger partial charge in [0.25, 0.3) is 0 Å². The summed E-state index contributed by atoms with van der Waals surface area (Å²) < 4.78 is 58.5. The van der Waals surface area contributed by atoms with Gasteiger partial charge in [-0.1, -0.05) is 29.8 Å². The fourth-order valence-electron chi connectivity index (χ4n) is 2.31. The molecule has 1 amide bonds. The third kappa shape index (κ3) is 4.62. The van der Waals surface area contributed by atoms with Crippen LogP contribution in [-0.4, -0.2) is 33.5 Å². The Bertz CT molecular complexity index is 675. The van der Waals surface area contributed by atoms with Gasteiger partial charge in [-0.2, -0.15) is 8.78 Å². The molecule has 0 unspecified atom stereocenters. The Morgan fingerprint density at radius 2 is 1.91 bits per heavy atom. The monoisotopic (exact) mass is 367 g/mol. The zero-order valence-electron chi connectivity index (χ0n) is 12.1. The number of halogens is 3. The van der Waals surface area contributed by atoms with Crippen LogP contribution in [0.2, 0.25) is 5.02 Å². The first-order valence-electron chi connectivity index (χ1n) is 6.96. The second-order valence-corrected chi connectivity index (χ2v) is 7.42. The normalized spacial score (nSPS) is 17.0. The van der Waals surface area contributed by atoms with Crippen LogP contribution in [0.25, 0.3) is 0 Å². The minimum atomic E-state index is -4.27. The van der Waals surface area contributed by atoms with Crippen LogP contribution in [0.3, 0.4) is 0 Å². The molecule has 0 radical (unpaired) electrons. The summed E-state index contributed by atoms with van der Waals surface area (Å²) in [5.74, 6) is -7.46. The highest BCUT2D eigenvalue weighted by molar-refractivity contribution is 7.89. The molecule has 0 bridgehead atoms. The van der Waals surface area contributed by atoms with Gasteiger partial charge < -0.3 is 4.74 Å². The molecule has 2 rings (SSSR count). The van der Waals surface area contributed by atoms with Crippen molar-refractivity contribution in [2.24, 2.45) is 5.92 Å². The molecule has 23 heavy (non-hydrogen) atoms. The number of carbonyl (C=O) groups is 1. The Hall–Kier alpha value is -1.25. The molecular formula is C14H16ClF2NO4S. The van der Waals surface area contributed by atoms with E-state index in [0.717, 1.165) is 0 Å². The Morgan fingerprint density at radius 1 is 1.30 bits per heavy atom. The van der Waals surface area contributed by atoms with Gasteiger partial charge in [-0.15, -0.1) is 0 Å². The second kappa shape index (κ2) is 7.11. The molecule has 1 aliphatic heterocycles. The summed E-state index contributed by atoms with van der Waals surface area (Å²) >= 11 is 5.84. The summed E-state index contributed by atoms with van der Waals surface area (Å²) in [6.45, 7) is 0.250. The molecule has 0 aromatic heterocycles. The molecule has 1 heterocycles. The van der Waals surface area contributed by atoms with E-state index in [1.165, 1.54) is 16.9 Å². The van der Waals surface area contributed by atoms with Crippen LogP contribution < -0.4 is 4.72 Å². The third-order valence-corrected chi connectivity index (χ3v) is 5.14. The Kier molecular flexibility index (Phi) is 5.59. The van der Waals surface area contributed by atoms with Gasteiger partial charge in [0.15, 0.2) is 0 Å². The maximum Gasteiger partial charge on any atom is 0.328 e. The fraction of sp³-hybridized carbons (Fsp3) is 0.500. The van der Waals surface area contributed by atoms with Crippen LogP contribution in [0.1, 0.15) is 18.4 Å². The van der Waals surface area contributed by atoms with Gasteiger partial charge in [-0.05, 0) is 24.5 Å². The molecular weight excluding hydrogens is 352 g/mol. The highest BCUT2D eigenvalue weighted by atomic mass is 35.5. The number of hydrogen-bond acceptors (Lipinski definition) is 4. The van der Waals surface area contributed by atoms with Crippen molar-refractivity contribution in [3.05, 3.63) is 34.9 Å². The highest BCUT2D eigenvalue weighted by Crippen LogP contribution is 2.33. The number of sulfonamides is 1. The predicted octanol–water partition coefficient (Wildman–Crippen LogP) is 2.35. The molecule has 1 aromatic carbocycles. The summed E-state index contributed by atoms with van der Waals surface area (Å²) in [5, 5.41) is 0.182. The molecule has 128 valence electrons. The van der Waals surface area contributed by atoms with Crippen molar-refractivity contribution in [2.75, 3.05) is 13.2 Å². The van der Waals surface area contributed by atoms with E-state index >= 15 is 0 Å². The second-order valence-electron chi connectivity index (χ2n) is 5.29. The van der Waals surface area contributed by atoms with Crippen molar-refractivity contribution in [2.45, 2.75) is 24.5 Å². The summed E-state index contributed by atoms with van der Waals surface area (Å²) in [7, 11) is -4.27. The standard InChI is InChI=1S/C14H16ClF2NO4S/c15-12-4-2-1-3-10(12)9-23(20,21)18-13(19)14(16,17)11-5-7-22-8-6-11/h1-4,11H,5-9H2,(H,18,19). The lowest BCUT2D eigenvalue weighted by Crippen LogP contribution is -2.49. The van der Waals surface area contributed by atoms with Gasteiger partial charge in [-0.3, -0.25) is 4.79 Å². The number of rotatable bonds is 5. The molecule has 5 nitrogen and oxygen atoms in total. The molecule has 0 saturated carbocycles. The van der Waals surface area contributed by atoms with Crippen LogP contribution in [-0.2, 0) is 25.3 Å². The lowest BCUT2D eigenvalue weighted by Gasteiger charge is -2.28. The number of hydrogen-bond donors (Lipinski definition) is 1. The van der Waals surface area contributed by atoms with Gasteiger partial charge in [0.1, 0.15) is 0 Å². The molecule has 0 atom stereocenters. The van der Waals surface area contributed by atoms with Crippen LogP contribution in [0.15, 0.2) is 24.3 Å². The topological polar surface area (TPSA) is 72.5 Å². The minimum absolute atomic E-state index is 0.00494. The molecule has 0 spiro atoms. The maximum atomic E-state index is 14.1. The molecule has 9 heteroatoms. The summed E-state index contributed by atoms with van der Waals surface area (Å²) in [6, 6.07) is 6.10. The number of nitrogens with one attached hydrogen (secondary N) is 1. The zero-order valence-corrected chi connectivity index (χ0v) is 13.7. The number of ether oxygens (including phenoxy) is 1. The molecule has 1 fully saturated rings. The van der Waals surface area contributed by atoms with E-state index in [2.05, 4.69) is 0 Å². The summed E-state index contributed by atoms with van der Waals surface area (Å²) in [5.41, 5.74) is 0.226. The lowest BCUT2D eigenvalue weighted by molar-refractivity contribution is -0.157. The van der Waals surface area contributed by atoms with Gasteiger partial charge in [0.05, 0.1) is 5.75 Å². The average molecular weight is 368 g/mol. The van der Waals surface area contributed by atoms with Gasteiger partial charge >= 0.3 is 11.8 Å². The van der Waals surface area contributed by atoms with Crippen molar-refractivity contribution in [1.82, 2.24) is 4.72 Å². The summed E-state index contributed by atoms with van der Waals surface area (Å²) in [4.78, 5) is 11.7. The third-order valence-electron chi connectivity index (χ3n) is 3.59. The largest absolute Gasteiger partial charge is 0.381 e. The Morgan fingerprint density at radius 3 is 2.52 bits per heavy atom. The number of amides is 1. The molecule has 0 aliphatic carbocycles. The first-order chi connectivity index (χ1) is 10.7. The van der Waals surface area contributed by atoms with Crippen molar-refractivity contribution >= 4 is 27.5 Å². The van der Waals surface area contributed by atoms with Crippen LogP contribution in [0, 0.1) is 5.92 Å². The van der Waals surface area contributed by atoms with Crippen molar-refractivity contribution in [3.63, 3.8) is 0 Å². The van der Waals surface area contributed by atoms with E-state index in [-0.39, 0.29) is 36.6 Å². The predicted molar refractivity (Wildman–Crippen MR) is 80.7 cm³/mol. The molecule has 1 saturated heterocycles. The van der Waals surface area contributed by atoms with Crippen LogP contribution in [0.4, 0.5) is 8.78 Å². The smallest absolute Gasteiger partial charge is 0.328 e. The quantitative estimate of drug-likeness (QED) is 0.867. The number of alkyl halides is 2. The van der Waals surface area contributed by atoms with E-state index in [4.69, 9.17) is 16.3 Å². The lowest BCUT2D eigenvalue weighted by atomic mass is 9.92. The zero-order chi connectivity index (χ0) is 17.1. The molecule has 1 N–H and O–H groups in total. The number of carbonyl (C=O) groups excluding carboxylic acids is 1. The first kappa shape index (κ1) is 18.1. The average Bonchev–Trinajstić information content (AvgIpc) is 2.50. The molecule has 1 aliphatic rings. The van der Waals surface area contributed by atoms with Gasteiger partial charge in [-0.25, -0.2) is 13.1 Å².